The van der Waals surface area contributed by atoms with E-state index in [2.05, 4.69) is 4.98 Å². The molecule has 3 nitrogen and oxygen atoms in total. The fraction of sp³-hybridized carbons (Fsp3) is 0.583. The first-order valence-electron chi connectivity index (χ1n) is 5.61. The second kappa shape index (κ2) is 5.24. The molecule has 3 heteroatoms. The lowest BCUT2D eigenvalue weighted by atomic mass is 9.94. The molecular weight excluding hydrogens is 188 g/mol. The van der Waals surface area contributed by atoms with Gasteiger partial charge in [0.15, 0.2) is 0 Å². The second-order valence-corrected chi connectivity index (χ2v) is 4.17. The summed E-state index contributed by atoms with van der Waals surface area (Å²) in [6.07, 6.45) is 6.55. The Morgan fingerprint density at radius 2 is 2.07 bits per heavy atom. The summed E-state index contributed by atoms with van der Waals surface area (Å²) < 4.78 is 5.80. The van der Waals surface area contributed by atoms with E-state index in [1.54, 1.807) is 6.20 Å². The van der Waals surface area contributed by atoms with E-state index in [0.29, 0.717) is 18.8 Å². The maximum Gasteiger partial charge on any atom is 0.0891 e. The van der Waals surface area contributed by atoms with Gasteiger partial charge in [0.25, 0.3) is 0 Å². The molecule has 1 saturated carbocycles. The third kappa shape index (κ3) is 3.29. The van der Waals surface area contributed by atoms with Crippen LogP contribution in [0.2, 0.25) is 0 Å². The molecule has 1 aromatic rings. The minimum atomic E-state index is 0.381. The van der Waals surface area contributed by atoms with E-state index < -0.39 is 0 Å². The first-order chi connectivity index (χ1) is 7.34. The minimum Gasteiger partial charge on any atom is -0.372 e. The van der Waals surface area contributed by atoms with Gasteiger partial charge in [0.05, 0.1) is 18.4 Å². The number of pyridine rings is 1. The molecule has 2 N–H and O–H groups in total. The van der Waals surface area contributed by atoms with Gasteiger partial charge in [-0.3, -0.25) is 4.98 Å². The van der Waals surface area contributed by atoms with Gasteiger partial charge >= 0.3 is 0 Å². The summed E-state index contributed by atoms with van der Waals surface area (Å²) in [4.78, 5) is 4.23. The van der Waals surface area contributed by atoms with Crippen LogP contribution in [0.4, 0.5) is 0 Å². The van der Waals surface area contributed by atoms with Crippen molar-refractivity contribution in [2.24, 2.45) is 5.73 Å². The quantitative estimate of drug-likeness (QED) is 0.821. The maximum absolute atomic E-state index is 5.84. The number of rotatable bonds is 3. The maximum atomic E-state index is 5.84. The zero-order valence-electron chi connectivity index (χ0n) is 8.93. The van der Waals surface area contributed by atoms with E-state index in [9.17, 15) is 0 Å². The molecule has 1 fully saturated rings. The van der Waals surface area contributed by atoms with Crippen LogP contribution in [0, 0.1) is 0 Å². The smallest absolute Gasteiger partial charge is 0.0891 e. The highest BCUT2D eigenvalue weighted by Gasteiger charge is 2.18. The van der Waals surface area contributed by atoms with E-state index in [1.807, 2.05) is 18.2 Å². The van der Waals surface area contributed by atoms with Gasteiger partial charge in [-0.25, -0.2) is 0 Å². The molecular formula is C12H18N2O. The summed E-state index contributed by atoms with van der Waals surface area (Å²) >= 11 is 0. The zero-order chi connectivity index (χ0) is 10.5. The molecule has 0 amide bonds. The van der Waals surface area contributed by atoms with Crippen molar-refractivity contribution in [3.63, 3.8) is 0 Å². The standard InChI is InChI=1S/C12H18N2O/c13-10-4-6-12(7-5-10)15-9-11-3-1-2-8-14-11/h1-3,8,10,12H,4-7,9,13H2. The van der Waals surface area contributed by atoms with Crippen LogP contribution in [-0.2, 0) is 11.3 Å². The number of hydrogen-bond acceptors (Lipinski definition) is 3. The Hall–Kier alpha value is -0.930. The molecule has 2 rings (SSSR count). The molecule has 0 aliphatic heterocycles. The van der Waals surface area contributed by atoms with Crippen molar-refractivity contribution in [1.82, 2.24) is 4.98 Å². The number of hydrogen-bond donors (Lipinski definition) is 1. The molecule has 1 aliphatic rings. The number of nitrogens with two attached hydrogens (primary N) is 1. The van der Waals surface area contributed by atoms with Crippen LogP contribution < -0.4 is 5.73 Å². The van der Waals surface area contributed by atoms with Gasteiger partial charge < -0.3 is 10.5 Å². The van der Waals surface area contributed by atoms with Crippen LogP contribution in [0.3, 0.4) is 0 Å². The average molecular weight is 206 g/mol. The van der Waals surface area contributed by atoms with E-state index in [4.69, 9.17) is 10.5 Å². The zero-order valence-corrected chi connectivity index (χ0v) is 8.93. The number of ether oxygens (including phenoxy) is 1. The second-order valence-electron chi connectivity index (χ2n) is 4.17. The van der Waals surface area contributed by atoms with Crippen LogP contribution in [-0.4, -0.2) is 17.1 Å². The van der Waals surface area contributed by atoms with Crippen molar-refractivity contribution in [2.45, 2.75) is 44.4 Å². The van der Waals surface area contributed by atoms with Crippen LogP contribution in [0.5, 0.6) is 0 Å². The van der Waals surface area contributed by atoms with Gasteiger partial charge in [-0.15, -0.1) is 0 Å². The fourth-order valence-electron chi connectivity index (χ4n) is 1.94. The molecule has 0 unspecified atom stereocenters. The SMILES string of the molecule is NC1CCC(OCc2ccccn2)CC1. The van der Waals surface area contributed by atoms with Crippen molar-refractivity contribution in [1.29, 1.82) is 0 Å². The van der Waals surface area contributed by atoms with Crippen molar-refractivity contribution in [3.05, 3.63) is 30.1 Å². The average Bonchev–Trinajstić information content (AvgIpc) is 2.30. The van der Waals surface area contributed by atoms with Gasteiger partial charge in [-0.2, -0.15) is 0 Å². The lowest BCUT2D eigenvalue weighted by molar-refractivity contribution is 0.0122. The summed E-state index contributed by atoms with van der Waals surface area (Å²) in [5.41, 5.74) is 6.84. The molecule has 1 aliphatic carbocycles. The van der Waals surface area contributed by atoms with Crippen molar-refractivity contribution in [2.75, 3.05) is 0 Å². The Morgan fingerprint density at radius 3 is 2.73 bits per heavy atom. The van der Waals surface area contributed by atoms with Crippen LogP contribution in [0.1, 0.15) is 31.4 Å². The third-order valence-corrected chi connectivity index (χ3v) is 2.91. The van der Waals surface area contributed by atoms with E-state index in [-0.39, 0.29) is 0 Å². The molecule has 0 bridgehead atoms. The monoisotopic (exact) mass is 206 g/mol. The highest BCUT2D eigenvalue weighted by Crippen LogP contribution is 2.20. The molecule has 0 atom stereocenters. The molecule has 1 aromatic heterocycles. The summed E-state index contributed by atoms with van der Waals surface area (Å²) in [5, 5.41) is 0. The summed E-state index contributed by atoms with van der Waals surface area (Å²) in [5.74, 6) is 0. The van der Waals surface area contributed by atoms with Gasteiger partial charge in [-0.05, 0) is 37.8 Å². The minimum absolute atomic E-state index is 0.381. The fourth-order valence-corrected chi connectivity index (χ4v) is 1.94. The molecule has 15 heavy (non-hydrogen) atoms. The van der Waals surface area contributed by atoms with Gasteiger partial charge in [0, 0.05) is 12.2 Å². The Bertz CT molecular complexity index is 281. The Morgan fingerprint density at radius 1 is 1.27 bits per heavy atom. The summed E-state index contributed by atoms with van der Waals surface area (Å²) in [7, 11) is 0. The first kappa shape index (κ1) is 10.6. The summed E-state index contributed by atoms with van der Waals surface area (Å²) in [6, 6.07) is 6.29. The molecule has 0 spiro atoms. The molecule has 0 saturated heterocycles. The van der Waals surface area contributed by atoms with Crippen molar-refractivity contribution >= 4 is 0 Å². The normalized spacial score (nSPS) is 26.5. The topological polar surface area (TPSA) is 48.1 Å². The molecule has 1 heterocycles. The van der Waals surface area contributed by atoms with Crippen LogP contribution in [0.15, 0.2) is 24.4 Å². The predicted molar refractivity (Wildman–Crippen MR) is 59.3 cm³/mol. The predicted octanol–water partition coefficient (Wildman–Crippen LogP) is 1.87. The highest BCUT2D eigenvalue weighted by atomic mass is 16.5. The molecule has 82 valence electrons. The number of nitrogens with zero attached hydrogens (tertiary/aromatic N) is 1. The van der Waals surface area contributed by atoms with Gasteiger partial charge in [0.2, 0.25) is 0 Å². The highest BCUT2D eigenvalue weighted by molar-refractivity contribution is 5.01. The Labute approximate surface area is 90.7 Å². The van der Waals surface area contributed by atoms with Crippen LogP contribution in [0.25, 0.3) is 0 Å². The van der Waals surface area contributed by atoms with Gasteiger partial charge in [-0.1, -0.05) is 6.07 Å². The van der Waals surface area contributed by atoms with E-state index in [0.717, 1.165) is 31.4 Å². The molecule has 0 radical (unpaired) electrons. The first-order valence-corrected chi connectivity index (χ1v) is 5.61. The molecule has 0 aromatic carbocycles. The van der Waals surface area contributed by atoms with Crippen molar-refractivity contribution in [3.8, 4) is 0 Å². The Balaban J connectivity index is 1.74. The summed E-state index contributed by atoms with van der Waals surface area (Å²) in [6.45, 7) is 0.626. The lowest BCUT2D eigenvalue weighted by Gasteiger charge is -2.25. The lowest BCUT2D eigenvalue weighted by Crippen LogP contribution is -2.30. The van der Waals surface area contributed by atoms with E-state index in [1.165, 1.54) is 0 Å². The Kier molecular flexibility index (Phi) is 3.69. The van der Waals surface area contributed by atoms with Gasteiger partial charge in [0.1, 0.15) is 0 Å². The number of aromatic nitrogens is 1. The van der Waals surface area contributed by atoms with Crippen molar-refractivity contribution < 1.29 is 4.74 Å². The van der Waals surface area contributed by atoms with E-state index >= 15 is 0 Å². The largest absolute Gasteiger partial charge is 0.372 e. The van der Waals surface area contributed by atoms with Crippen LogP contribution >= 0.6 is 0 Å². The third-order valence-electron chi connectivity index (χ3n) is 2.91.